The number of hydrogen-bond donors (Lipinski definition) is 1. The summed E-state index contributed by atoms with van der Waals surface area (Å²) in [6, 6.07) is 2.44. The molecule has 2 nitrogen and oxygen atoms in total. The molecule has 0 aliphatic heterocycles. The number of nitrogens with zero attached hydrogens (tertiary/aromatic N) is 1. The van der Waals surface area contributed by atoms with Crippen LogP contribution in [0.2, 0.25) is 0 Å². The van der Waals surface area contributed by atoms with Crippen LogP contribution in [0.15, 0.2) is 0 Å². The molecule has 0 amide bonds. The van der Waals surface area contributed by atoms with Gasteiger partial charge in [-0.2, -0.15) is 0 Å². The summed E-state index contributed by atoms with van der Waals surface area (Å²) >= 11 is 0. The zero-order valence-corrected chi connectivity index (χ0v) is 11.2. The molecule has 0 bridgehead atoms. The molecule has 2 aliphatic rings. The summed E-state index contributed by atoms with van der Waals surface area (Å²) < 4.78 is 0. The molecule has 0 aromatic carbocycles. The van der Waals surface area contributed by atoms with E-state index in [0.29, 0.717) is 0 Å². The molecule has 0 saturated heterocycles. The minimum Gasteiger partial charge on any atom is -0.311 e. The Morgan fingerprint density at radius 3 is 2.06 bits per heavy atom. The van der Waals surface area contributed by atoms with Crippen molar-refractivity contribution in [2.24, 2.45) is 5.92 Å². The van der Waals surface area contributed by atoms with Gasteiger partial charge >= 0.3 is 0 Å². The van der Waals surface area contributed by atoms with Gasteiger partial charge in [-0.25, -0.2) is 0 Å². The maximum Gasteiger partial charge on any atom is 0.0105 e. The molecule has 94 valence electrons. The second kappa shape index (κ2) is 5.50. The Morgan fingerprint density at radius 1 is 0.875 bits per heavy atom. The van der Waals surface area contributed by atoms with Crippen LogP contribution in [-0.2, 0) is 0 Å². The number of nitrogens with one attached hydrogen (secondary N) is 1. The summed E-state index contributed by atoms with van der Waals surface area (Å²) in [6.45, 7) is 2.40. The summed E-state index contributed by atoms with van der Waals surface area (Å²) in [5.41, 5.74) is 0. The van der Waals surface area contributed by atoms with Gasteiger partial charge < -0.3 is 10.2 Å². The lowest BCUT2D eigenvalue weighted by molar-refractivity contribution is 0.268. The maximum absolute atomic E-state index is 3.90. The van der Waals surface area contributed by atoms with Crippen LogP contribution in [0.25, 0.3) is 0 Å². The lowest BCUT2D eigenvalue weighted by Crippen LogP contribution is -2.40. The Bertz CT molecular complexity index is 207. The maximum atomic E-state index is 3.90. The van der Waals surface area contributed by atoms with Gasteiger partial charge in [-0.05, 0) is 65.0 Å². The Balaban J connectivity index is 1.71. The SMILES string of the molecule is CC1CCC(NC2CCC(N(C)C)C2)CC1. The third-order valence-corrected chi connectivity index (χ3v) is 4.62. The van der Waals surface area contributed by atoms with E-state index in [1.807, 2.05) is 0 Å². The van der Waals surface area contributed by atoms with E-state index in [9.17, 15) is 0 Å². The molecule has 0 heterocycles. The Labute approximate surface area is 101 Å². The molecule has 2 rings (SSSR count). The van der Waals surface area contributed by atoms with E-state index in [2.05, 4.69) is 31.2 Å². The van der Waals surface area contributed by atoms with E-state index in [1.54, 1.807) is 0 Å². The van der Waals surface area contributed by atoms with Crippen LogP contribution in [-0.4, -0.2) is 37.1 Å². The molecule has 2 fully saturated rings. The van der Waals surface area contributed by atoms with Crippen molar-refractivity contribution in [2.75, 3.05) is 14.1 Å². The molecule has 2 unspecified atom stereocenters. The van der Waals surface area contributed by atoms with Crippen LogP contribution in [0, 0.1) is 5.92 Å². The molecule has 0 aromatic heterocycles. The average Bonchev–Trinajstić information content (AvgIpc) is 2.70. The Kier molecular flexibility index (Phi) is 4.26. The number of rotatable bonds is 3. The molecule has 0 aromatic rings. The van der Waals surface area contributed by atoms with Crippen LogP contribution >= 0.6 is 0 Å². The second-order valence-corrected chi connectivity index (χ2v) is 6.25. The summed E-state index contributed by atoms with van der Waals surface area (Å²) in [5.74, 6) is 0.969. The van der Waals surface area contributed by atoms with Crippen LogP contribution in [0.3, 0.4) is 0 Å². The highest BCUT2D eigenvalue weighted by molar-refractivity contribution is 4.88. The van der Waals surface area contributed by atoms with Crippen molar-refractivity contribution < 1.29 is 0 Å². The highest BCUT2D eigenvalue weighted by Crippen LogP contribution is 2.27. The first-order valence-corrected chi connectivity index (χ1v) is 7.07. The highest BCUT2D eigenvalue weighted by Gasteiger charge is 2.28. The number of hydrogen-bond acceptors (Lipinski definition) is 2. The van der Waals surface area contributed by atoms with E-state index < -0.39 is 0 Å². The molecule has 0 radical (unpaired) electrons. The van der Waals surface area contributed by atoms with E-state index in [-0.39, 0.29) is 0 Å². The van der Waals surface area contributed by atoms with E-state index in [1.165, 1.54) is 44.9 Å². The lowest BCUT2D eigenvalue weighted by Gasteiger charge is -2.30. The first-order valence-electron chi connectivity index (χ1n) is 7.07. The van der Waals surface area contributed by atoms with Gasteiger partial charge in [-0.1, -0.05) is 6.92 Å². The van der Waals surface area contributed by atoms with Gasteiger partial charge in [0.25, 0.3) is 0 Å². The van der Waals surface area contributed by atoms with Gasteiger partial charge in [0, 0.05) is 18.1 Å². The quantitative estimate of drug-likeness (QED) is 0.793. The van der Waals surface area contributed by atoms with Gasteiger partial charge in [0.1, 0.15) is 0 Å². The monoisotopic (exact) mass is 224 g/mol. The van der Waals surface area contributed by atoms with Crippen molar-refractivity contribution >= 4 is 0 Å². The molecule has 2 saturated carbocycles. The third-order valence-electron chi connectivity index (χ3n) is 4.62. The molecule has 2 aliphatic carbocycles. The van der Waals surface area contributed by atoms with E-state index >= 15 is 0 Å². The first kappa shape index (κ1) is 12.4. The molecule has 16 heavy (non-hydrogen) atoms. The predicted molar refractivity (Wildman–Crippen MR) is 69.7 cm³/mol. The van der Waals surface area contributed by atoms with Crippen molar-refractivity contribution in [3.63, 3.8) is 0 Å². The zero-order chi connectivity index (χ0) is 11.5. The summed E-state index contributed by atoms with van der Waals surface area (Å²) in [6.07, 6.45) is 9.80. The minimum absolute atomic E-state index is 0.797. The third kappa shape index (κ3) is 3.21. The fourth-order valence-electron chi connectivity index (χ4n) is 3.34. The van der Waals surface area contributed by atoms with Crippen LogP contribution in [0.4, 0.5) is 0 Å². The Morgan fingerprint density at radius 2 is 1.50 bits per heavy atom. The van der Waals surface area contributed by atoms with Crippen molar-refractivity contribution in [1.82, 2.24) is 10.2 Å². The van der Waals surface area contributed by atoms with Crippen LogP contribution < -0.4 is 5.32 Å². The van der Waals surface area contributed by atoms with Gasteiger partial charge in [0.2, 0.25) is 0 Å². The van der Waals surface area contributed by atoms with Gasteiger partial charge in [-0.15, -0.1) is 0 Å². The lowest BCUT2D eigenvalue weighted by atomic mass is 9.87. The van der Waals surface area contributed by atoms with Crippen LogP contribution in [0.5, 0.6) is 0 Å². The van der Waals surface area contributed by atoms with Crippen LogP contribution in [0.1, 0.15) is 51.9 Å². The van der Waals surface area contributed by atoms with Crippen molar-refractivity contribution in [1.29, 1.82) is 0 Å². The summed E-state index contributed by atoms with van der Waals surface area (Å²) in [7, 11) is 4.44. The predicted octanol–water partition coefficient (Wildman–Crippen LogP) is 2.64. The van der Waals surface area contributed by atoms with E-state index in [0.717, 1.165) is 24.0 Å². The molecular weight excluding hydrogens is 196 g/mol. The zero-order valence-electron chi connectivity index (χ0n) is 11.2. The van der Waals surface area contributed by atoms with Crippen molar-refractivity contribution in [2.45, 2.75) is 70.0 Å². The summed E-state index contributed by atoms with van der Waals surface area (Å²) in [4.78, 5) is 2.39. The first-order chi connectivity index (χ1) is 7.65. The topological polar surface area (TPSA) is 15.3 Å². The average molecular weight is 224 g/mol. The normalized spacial score (nSPS) is 40.5. The molecular formula is C14H28N2. The minimum atomic E-state index is 0.797. The Hall–Kier alpha value is -0.0800. The van der Waals surface area contributed by atoms with Gasteiger partial charge in [0.05, 0.1) is 0 Å². The highest BCUT2D eigenvalue weighted by atomic mass is 15.1. The smallest absolute Gasteiger partial charge is 0.0105 e. The van der Waals surface area contributed by atoms with Crippen molar-refractivity contribution in [3.8, 4) is 0 Å². The molecule has 2 atom stereocenters. The molecule has 1 N–H and O–H groups in total. The largest absolute Gasteiger partial charge is 0.311 e. The van der Waals surface area contributed by atoms with Gasteiger partial charge in [-0.3, -0.25) is 0 Å². The fourth-order valence-corrected chi connectivity index (χ4v) is 3.34. The van der Waals surface area contributed by atoms with Gasteiger partial charge in [0.15, 0.2) is 0 Å². The fraction of sp³-hybridized carbons (Fsp3) is 1.00. The second-order valence-electron chi connectivity index (χ2n) is 6.25. The molecule has 2 heteroatoms. The van der Waals surface area contributed by atoms with E-state index in [4.69, 9.17) is 0 Å². The van der Waals surface area contributed by atoms with Crippen molar-refractivity contribution in [3.05, 3.63) is 0 Å². The standard InChI is InChI=1S/C14H28N2/c1-11-4-6-12(7-5-11)15-13-8-9-14(10-13)16(2)3/h11-15H,4-10H2,1-3H3. The molecule has 0 spiro atoms. The summed E-state index contributed by atoms with van der Waals surface area (Å²) in [5, 5.41) is 3.90.